The lowest BCUT2D eigenvalue weighted by Crippen LogP contribution is -2.28. The van der Waals surface area contributed by atoms with E-state index in [0.717, 1.165) is 0 Å². The average molecular weight is 304 g/mol. The number of nitrogens with two attached hydrogens (primary N) is 1. The van der Waals surface area contributed by atoms with Crippen molar-refractivity contribution in [3.63, 3.8) is 0 Å². The fourth-order valence-corrected chi connectivity index (χ4v) is 2.64. The molecule has 0 radical (unpaired) electrons. The number of nitrogen functional groups attached to an aromatic ring is 1. The van der Waals surface area contributed by atoms with Crippen LogP contribution >= 0.6 is 0 Å². The molecule has 0 saturated heterocycles. The van der Waals surface area contributed by atoms with Crippen LogP contribution in [0, 0.1) is 0 Å². The summed E-state index contributed by atoms with van der Waals surface area (Å²) in [6.45, 7) is 0.275. The maximum atomic E-state index is 12.0. The van der Waals surface area contributed by atoms with Crippen molar-refractivity contribution < 1.29 is 23.0 Å². The van der Waals surface area contributed by atoms with Crippen LogP contribution in [-0.2, 0) is 14.8 Å². The number of hydrogen-bond acceptors (Lipinski definition) is 6. The highest BCUT2D eigenvalue weighted by molar-refractivity contribution is 7.89. The van der Waals surface area contributed by atoms with Crippen LogP contribution in [0.3, 0.4) is 0 Å². The Bertz CT molecular complexity index is 533. The molecule has 0 aromatic heterocycles. The highest BCUT2D eigenvalue weighted by atomic mass is 32.2. The lowest BCUT2D eigenvalue weighted by atomic mass is 10.3. The number of sulfonamides is 1. The predicted octanol–water partition coefficient (Wildman–Crippen LogP) is -0.0469. The van der Waals surface area contributed by atoms with Gasteiger partial charge in [-0.1, -0.05) is 0 Å². The van der Waals surface area contributed by atoms with Crippen molar-refractivity contribution >= 4 is 15.7 Å². The van der Waals surface area contributed by atoms with Gasteiger partial charge in [0.1, 0.15) is 5.75 Å². The first-order chi connectivity index (χ1) is 9.40. The molecule has 1 unspecified atom stereocenters. The maximum Gasteiger partial charge on any atom is 0.240 e. The van der Waals surface area contributed by atoms with E-state index in [-0.39, 0.29) is 24.5 Å². The molecule has 0 aliphatic carbocycles. The van der Waals surface area contributed by atoms with Crippen molar-refractivity contribution in [3.8, 4) is 5.75 Å². The molecule has 0 heterocycles. The molecule has 0 aliphatic rings. The minimum atomic E-state index is -3.66. The van der Waals surface area contributed by atoms with Crippen molar-refractivity contribution in [3.05, 3.63) is 18.2 Å². The molecule has 1 aromatic rings. The zero-order valence-corrected chi connectivity index (χ0v) is 12.3. The van der Waals surface area contributed by atoms with Crippen molar-refractivity contribution in [2.24, 2.45) is 0 Å². The molecule has 0 fully saturated rings. The number of nitrogens with one attached hydrogen (secondary N) is 1. The molecule has 7 nitrogen and oxygen atoms in total. The summed E-state index contributed by atoms with van der Waals surface area (Å²) in [5.74, 6) is 0.298. The van der Waals surface area contributed by atoms with E-state index in [4.69, 9.17) is 15.2 Å². The summed E-state index contributed by atoms with van der Waals surface area (Å²) in [6, 6.07) is 4.21. The number of aliphatic hydroxyl groups is 1. The molecule has 1 aromatic carbocycles. The molecule has 20 heavy (non-hydrogen) atoms. The van der Waals surface area contributed by atoms with E-state index in [1.54, 1.807) is 0 Å². The number of methoxy groups -OCH3 is 2. The van der Waals surface area contributed by atoms with Crippen LogP contribution in [0.4, 0.5) is 5.69 Å². The van der Waals surface area contributed by atoms with Gasteiger partial charge in [0, 0.05) is 19.7 Å². The van der Waals surface area contributed by atoms with Gasteiger partial charge in [0.2, 0.25) is 10.0 Å². The third-order valence-corrected chi connectivity index (χ3v) is 4.10. The van der Waals surface area contributed by atoms with Crippen LogP contribution in [0.2, 0.25) is 0 Å². The Labute approximate surface area is 118 Å². The Morgan fingerprint density at radius 2 is 2.10 bits per heavy atom. The van der Waals surface area contributed by atoms with Gasteiger partial charge in [-0.2, -0.15) is 0 Å². The van der Waals surface area contributed by atoms with Crippen LogP contribution in [-0.4, -0.2) is 47.0 Å². The minimum Gasteiger partial charge on any atom is -0.495 e. The fourth-order valence-electron chi connectivity index (χ4n) is 1.58. The van der Waals surface area contributed by atoms with Gasteiger partial charge in [0.25, 0.3) is 0 Å². The van der Waals surface area contributed by atoms with Gasteiger partial charge < -0.3 is 20.3 Å². The summed E-state index contributed by atoms with van der Waals surface area (Å²) in [5.41, 5.74) is 5.99. The van der Waals surface area contributed by atoms with E-state index >= 15 is 0 Å². The zero-order valence-electron chi connectivity index (χ0n) is 11.5. The summed E-state index contributed by atoms with van der Waals surface area (Å²) in [7, 11) is -0.778. The standard InChI is InChI=1S/C12H20N2O5S/c1-18-8-9(15)5-6-14-20(16,17)10-3-4-11(13)12(7-10)19-2/h3-4,7,9,14-15H,5-6,8,13H2,1-2H3. The molecule has 1 atom stereocenters. The molecule has 0 bridgehead atoms. The van der Waals surface area contributed by atoms with Crippen molar-refractivity contribution in [2.75, 3.05) is 33.1 Å². The Morgan fingerprint density at radius 1 is 1.40 bits per heavy atom. The Balaban J connectivity index is 2.69. The summed E-state index contributed by atoms with van der Waals surface area (Å²) < 4.78 is 36.2. The molecule has 0 spiro atoms. The van der Waals surface area contributed by atoms with Crippen LogP contribution in [0.1, 0.15) is 6.42 Å². The Hall–Kier alpha value is -1.35. The smallest absolute Gasteiger partial charge is 0.240 e. The Morgan fingerprint density at radius 3 is 2.70 bits per heavy atom. The van der Waals surface area contributed by atoms with Gasteiger partial charge in [-0.3, -0.25) is 0 Å². The average Bonchev–Trinajstić information content (AvgIpc) is 2.39. The molecule has 0 saturated carbocycles. The maximum absolute atomic E-state index is 12.0. The first kappa shape index (κ1) is 16.7. The van der Waals surface area contributed by atoms with Crippen LogP contribution in [0.25, 0.3) is 0 Å². The number of benzene rings is 1. The van der Waals surface area contributed by atoms with Gasteiger partial charge in [-0.15, -0.1) is 0 Å². The lowest BCUT2D eigenvalue weighted by Gasteiger charge is -2.12. The molecule has 0 aliphatic heterocycles. The van der Waals surface area contributed by atoms with E-state index < -0.39 is 16.1 Å². The van der Waals surface area contributed by atoms with E-state index in [1.165, 1.54) is 32.4 Å². The van der Waals surface area contributed by atoms with Gasteiger partial charge in [-0.05, 0) is 18.6 Å². The summed E-state index contributed by atoms with van der Waals surface area (Å²) in [5, 5.41) is 9.44. The minimum absolute atomic E-state index is 0.0600. The summed E-state index contributed by atoms with van der Waals surface area (Å²) >= 11 is 0. The molecule has 4 N–H and O–H groups in total. The van der Waals surface area contributed by atoms with E-state index in [9.17, 15) is 13.5 Å². The van der Waals surface area contributed by atoms with Crippen molar-refractivity contribution in [2.45, 2.75) is 17.4 Å². The number of ether oxygens (including phenoxy) is 2. The molecule has 0 amide bonds. The number of aliphatic hydroxyl groups excluding tert-OH is 1. The van der Waals surface area contributed by atoms with Gasteiger partial charge >= 0.3 is 0 Å². The van der Waals surface area contributed by atoms with Gasteiger partial charge in [-0.25, -0.2) is 13.1 Å². The van der Waals surface area contributed by atoms with Crippen molar-refractivity contribution in [1.29, 1.82) is 0 Å². The van der Waals surface area contributed by atoms with Crippen LogP contribution < -0.4 is 15.2 Å². The third kappa shape index (κ3) is 4.64. The SMILES string of the molecule is COCC(O)CCNS(=O)(=O)c1ccc(N)c(OC)c1. The largest absolute Gasteiger partial charge is 0.495 e. The van der Waals surface area contributed by atoms with E-state index in [2.05, 4.69) is 4.72 Å². The van der Waals surface area contributed by atoms with E-state index in [0.29, 0.717) is 11.4 Å². The highest BCUT2D eigenvalue weighted by Crippen LogP contribution is 2.24. The second-order valence-corrected chi connectivity index (χ2v) is 5.97. The quantitative estimate of drug-likeness (QED) is 0.581. The molecular formula is C12H20N2O5S. The first-order valence-corrected chi connectivity index (χ1v) is 7.49. The predicted molar refractivity (Wildman–Crippen MR) is 75.1 cm³/mol. The second-order valence-electron chi connectivity index (χ2n) is 4.20. The second kappa shape index (κ2) is 7.44. The highest BCUT2D eigenvalue weighted by Gasteiger charge is 2.16. The molecule has 114 valence electrons. The zero-order chi connectivity index (χ0) is 15.2. The number of rotatable bonds is 8. The number of anilines is 1. The van der Waals surface area contributed by atoms with Gasteiger partial charge in [0.05, 0.1) is 30.4 Å². The summed E-state index contributed by atoms with van der Waals surface area (Å²) in [4.78, 5) is 0.0600. The van der Waals surface area contributed by atoms with E-state index in [1.807, 2.05) is 0 Å². The molecule has 1 rings (SSSR count). The monoisotopic (exact) mass is 304 g/mol. The van der Waals surface area contributed by atoms with Crippen LogP contribution in [0.15, 0.2) is 23.1 Å². The van der Waals surface area contributed by atoms with Crippen LogP contribution in [0.5, 0.6) is 5.75 Å². The molecular weight excluding hydrogens is 284 g/mol. The first-order valence-electron chi connectivity index (χ1n) is 6.01. The fraction of sp³-hybridized carbons (Fsp3) is 0.500. The third-order valence-electron chi connectivity index (χ3n) is 2.64. The normalized spacial score (nSPS) is 13.2. The van der Waals surface area contributed by atoms with Gasteiger partial charge in [0.15, 0.2) is 0 Å². The summed E-state index contributed by atoms with van der Waals surface area (Å²) in [6.07, 6.45) is -0.442. The van der Waals surface area contributed by atoms with Crippen molar-refractivity contribution in [1.82, 2.24) is 4.72 Å². The Kier molecular flexibility index (Phi) is 6.21. The lowest BCUT2D eigenvalue weighted by molar-refractivity contribution is 0.0603. The topological polar surface area (TPSA) is 111 Å². The number of hydrogen-bond donors (Lipinski definition) is 3. The molecule has 8 heteroatoms.